The molecule has 2 fully saturated rings. The topological polar surface area (TPSA) is 60.7 Å². The van der Waals surface area contributed by atoms with E-state index in [2.05, 4.69) is 32.6 Å². The van der Waals surface area contributed by atoms with E-state index in [9.17, 15) is 15.3 Å². The highest BCUT2D eigenvalue weighted by atomic mass is 16.3. The SMILES string of the molecule is C=CC1(C)C=C2CCC3C(CO)(CO)CC(O)CC3(C)C2CC1. The van der Waals surface area contributed by atoms with Crippen LogP contribution in [0.5, 0.6) is 0 Å². The van der Waals surface area contributed by atoms with Gasteiger partial charge in [-0.25, -0.2) is 0 Å². The van der Waals surface area contributed by atoms with E-state index < -0.39 is 11.5 Å². The van der Waals surface area contributed by atoms with Crippen molar-refractivity contribution in [3.8, 4) is 0 Å². The van der Waals surface area contributed by atoms with E-state index in [4.69, 9.17) is 0 Å². The van der Waals surface area contributed by atoms with Gasteiger partial charge in [0.15, 0.2) is 0 Å². The second kappa shape index (κ2) is 5.72. The smallest absolute Gasteiger partial charge is 0.0552 e. The van der Waals surface area contributed by atoms with Gasteiger partial charge < -0.3 is 15.3 Å². The van der Waals surface area contributed by atoms with Crippen LogP contribution < -0.4 is 0 Å². The molecule has 0 heterocycles. The highest BCUT2D eigenvalue weighted by Gasteiger charge is 2.59. The van der Waals surface area contributed by atoms with Gasteiger partial charge in [0.1, 0.15) is 0 Å². The lowest BCUT2D eigenvalue weighted by atomic mass is 9.44. The third-order valence-corrected chi connectivity index (χ3v) is 7.40. The van der Waals surface area contributed by atoms with Crippen molar-refractivity contribution in [1.82, 2.24) is 0 Å². The van der Waals surface area contributed by atoms with Crippen molar-refractivity contribution < 1.29 is 15.3 Å². The van der Waals surface area contributed by atoms with Crippen LogP contribution in [-0.2, 0) is 0 Å². The van der Waals surface area contributed by atoms with Crippen molar-refractivity contribution in [3.63, 3.8) is 0 Å². The number of rotatable bonds is 3. The van der Waals surface area contributed by atoms with Gasteiger partial charge in [0, 0.05) is 10.8 Å². The Bertz CT molecular complexity index is 507. The third kappa shape index (κ3) is 2.52. The minimum atomic E-state index is -0.531. The van der Waals surface area contributed by atoms with Crippen LogP contribution in [0.15, 0.2) is 24.3 Å². The number of hydrogen-bond acceptors (Lipinski definition) is 3. The second-order valence-corrected chi connectivity index (χ2v) is 8.86. The number of aliphatic hydroxyl groups is 3. The monoisotopic (exact) mass is 320 g/mol. The van der Waals surface area contributed by atoms with Crippen LogP contribution in [0, 0.1) is 28.1 Å². The highest BCUT2D eigenvalue weighted by molar-refractivity contribution is 5.27. The second-order valence-electron chi connectivity index (χ2n) is 8.86. The first-order valence-electron chi connectivity index (χ1n) is 9.07. The molecule has 0 aromatic heterocycles. The van der Waals surface area contributed by atoms with Gasteiger partial charge >= 0.3 is 0 Å². The van der Waals surface area contributed by atoms with Crippen LogP contribution in [0.3, 0.4) is 0 Å². The molecule has 0 saturated heterocycles. The summed E-state index contributed by atoms with van der Waals surface area (Å²) in [7, 11) is 0. The molecule has 0 aliphatic heterocycles. The predicted molar refractivity (Wildman–Crippen MR) is 91.8 cm³/mol. The van der Waals surface area contributed by atoms with Gasteiger partial charge in [-0.05, 0) is 55.8 Å². The average molecular weight is 320 g/mol. The van der Waals surface area contributed by atoms with Gasteiger partial charge in [-0.3, -0.25) is 0 Å². The molecule has 5 atom stereocenters. The molecule has 5 unspecified atom stereocenters. The maximum absolute atomic E-state index is 10.5. The summed E-state index contributed by atoms with van der Waals surface area (Å²) in [5, 5.41) is 30.6. The molecule has 3 nitrogen and oxygen atoms in total. The van der Waals surface area contributed by atoms with Gasteiger partial charge in [-0.2, -0.15) is 0 Å². The maximum atomic E-state index is 10.5. The molecule has 3 heteroatoms. The lowest BCUT2D eigenvalue weighted by molar-refractivity contribution is -0.156. The Kier molecular flexibility index (Phi) is 4.27. The summed E-state index contributed by atoms with van der Waals surface area (Å²) in [6.45, 7) is 8.48. The molecule has 0 spiro atoms. The normalized spacial score (nSPS) is 45.6. The highest BCUT2D eigenvalue weighted by Crippen LogP contribution is 2.63. The number of hydrogen-bond donors (Lipinski definition) is 3. The number of fused-ring (bicyclic) bond motifs is 3. The number of allylic oxidation sites excluding steroid dienone is 3. The van der Waals surface area contributed by atoms with Crippen LogP contribution >= 0.6 is 0 Å². The molecule has 3 aliphatic carbocycles. The van der Waals surface area contributed by atoms with Gasteiger partial charge in [-0.1, -0.05) is 31.6 Å². The Morgan fingerprint density at radius 1 is 1.22 bits per heavy atom. The summed E-state index contributed by atoms with van der Waals surface area (Å²) in [5.74, 6) is 0.741. The van der Waals surface area contributed by atoms with Crippen LogP contribution in [0.2, 0.25) is 0 Å². The van der Waals surface area contributed by atoms with Crippen molar-refractivity contribution in [3.05, 3.63) is 24.3 Å². The van der Waals surface area contributed by atoms with Crippen LogP contribution in [0.25, 0.3) is 0 Å². The van der Waals surface area contributed by atoms with Crippen LogP contribution in [-0.4, -0.2) is 34.6 Å². The zero-order valence-electron chi connectivity index (χ0n) is 14.6. The summed E-state index contributed by atoms with van der Waals surface area (Å²) in [4.78, 5) is 0. The van der Waals surface area contributed by atoms with Crippen molar-refractivity contribution in [2.45, 2.75) is 58.5 Å². The van der Waals surface area contributed by atoms with E-state index in [-0.39, 0.29) is 30.0 Å². The largest absolute Gasteiger partial charge is 0.396 e. The van der Waals surface area contributed by atoms with Crippen molar-refractivity contribution in [2.24, 2.45) is 28.1 Å². The van der Waals surface area contributed by atoms with Gasteiger partial charge in [-0.15, -0.1) is 6.58 Å². The van der Waals surface area contributed by atoms with Gasteiger partial charge in [0.25, 0.3) is 0 Å². The van der Waals surface area contributed by atoms with E-state index in [0.29, 0.717) is 12.3 Å². The molecule has 3 rings (SSSR count). The first kappa shape index (κ1) is 17.2. The first-order valence-corrected chi connectivity index (χ1v) is 9.07. The lowest BCUT2D eigenvalue weighted by Crippen LogP contribution is -2.58. The van der Waals surface area contributed by atoms with Crippen molar-refractivity contribution >= 4 is 0 Å². The Morgan fingerprint density at radius 3 is 2.52 bits per heavy atom. The van der Waals surface area contributed by atoms with E-state index >= 15 is 0 Å². The third-order valence-electron chi connectivity index (χ3n) is 7.40. The summed E-state index contributed by atoms with van der Waals surface area (Å²) >= 11 is 0. The molecule has 0 aromatic rings. The zero-order valence-corrected chi connectivity index (χ0v) is 14.6. The van der Waals surface area contributed by atoms with Crippen LogP contribution in [0.1, 0.15) is 52.4 Å². The van der Waals surface area contributed by atoms with E-state index in [1.54, 1.807) is 0 Å². The Balaban J connectivity index is 2.00. The van der Waals surface area contributed by atoms with Gasteiger partial charge in [0.05, 0.1) is 19.3 Å². The maximum Gasteiger partial charge on any atom is 0.0552 e. The van der Waals surface area contributed by atoms with Crippen molar-refractivity contribution in [1.29, 1.82) is 0 Å². The summed E-state index contributed by atoms with van der Waals surface area (Å²) in [5.41, 5.74) is 1.04. The van der Waals surface area contributed by atoms with E-state index in [0.717, 1.165) is 32.1 Å². The fourth-order valence-corrected chi connectivity index (χ4v) is 6.16. The fraction of sp³-hybridized carbons (Fsp3) is 0.800. The molecule has 23 heavy (non-hydrogen) atoms. The van der Waals surface area contributed by atoms with E-state index in [1.165, 1.54) is 5.57 Å². The summed E-state index contributed by atoms with van der Waals surface area (Å²) in [6, 6.07) is 0. The summed E-state index contributed by atoms with van der Waals surface area (Å²) < 4.78 is 0. The minimum Gasteiger partial charge on any atom is -0.396 e. The van der Waals surface area contributed by atoms with E-state index in [1.807, 2.05) is 0 Å². The molecule has 0 bridgehead atoms. The van der Waals surface area contributed by atoms with Crippen molar-refractivity contribution in [2.75, 3.05) is 13.2 Å². The molecular formula is C20H32O3. The molecule has 3 aliphatic rings. The number of aliphatic hydroxyl groups excluding tert-OH is 3. The molecular weight excluding hydrogens is 288 g/mol. The predicted octanol–water partition coefficient (Wildman–Crippen LogP) is 3.06. The standard InChI is InChI=1S/C20H32O3/c1-4-18(2)8-7-16-14(9-18)5-6-17-19(16,3)10-15(23)11-20(17,12-21)13-22/h4,9,15-17,21-23H,1,5-8,10-13H2,2-3H3. The fourth-order valence-electron chi connectivity index (χ4n) is 6.16. The average Bonchev–Trinajstić information content (AvgIpc) is 2.52. The zero-order chi connectivity index (χ0) is 16.9. The lowest BCUT2D eigenvalue weighted by Gasteiger charge is -2.61. The molecule has 2 saturated carbocycles. The quantitative estimate of drug-likeness (QED) is 0.700. The molecule has 0 aromatic carbocycles. The Labute approximate surface area is 140 Å². The van der Waals surface area contributed by atoms with Crippen LogP contribution in [0.4, 0.5) is 0 Å². The minimum absolute atomic E-state index is 0.0308. The Hall–Kier alpha value is -0.640. The summed E-state index contributed by atoms with van der Waals surface area (Å²) in [6.07, 6.45) is 9.61. The Morgan fingerprint density at radius 2 is 1.91 bits per heavy atom. The molecule has 0 radical (unpaired) electrons. The first-order chi connectivity index (χ1) is 10.8. The molecule has 0 amide bonds. The van der Waals surface area contributed by atoms with Gasteiger partial charge in [0.2, 0.25) is 0 Å². The molecule has 130 valence electrons. The molecule has 3 N–H and O–H groups in total.